The Morgan fingerprint density at radius 1 is 1.30 bits per heavy atom. The summed E-state index contributed by atoms with van der Waals surface area (Å²) in [6.07, 6.45) is 2.00. The highest BCUT2D eigenvalue weighted by Gasteiger charge is 2.38. The van der Waals surface area contributed by atoms with Crippen molar-refractivity contribution in [1.29, 1.82) is 0 Å². The second kappa shape index (κ2) is 6.65. The summed E-state index contributed by atoms with van der Waals surface area (Å²) in [4.78, 5) is 23.0. The van der Waals surface area contributed by atoms with Crippen molar-refractivity contribution in [3.63, 3.8) is 0 Å². The van der Waals surface area contributed by atoms with Gasteiger partial charge in [0, 0.05) is 32.4 Å². The second-order valence-corrected chi connectivity index (χ2v) is 7.33. The first-order chi connectivity index (χ1) is 12.8. The zero-order chi connectivity index (χ0) is 19.2. The number of hydrogen-bond donors (Lipinski definition) is 0. The third kappa shape index (κ3) is 3.33. The molecule has 0 bridgehead atoms. The molecule has 144 valence electrons. The van der Waals surface area contributed by atoms with Gasteiger partial charge >= 0.3 is 6.18 Å². The van der Waals surface area contributed by atoms with Crippen LogP contribution >= 0.6 is 0 Å². The van der Waals surface area contributed by atoms with Crippen LogP contribution in [0.3, 0.4) is 0 Å². The Balaban J connectivity index is 1.52. The number of aryl methyl sites for hydroxylation is 2. The number of rotatable bonds is 2. The molecule has 2 atom stereocenters. The maximum absolute atomic E-state index is 13.1. The Morgan fingerprint density at radius 2 is 2.11 bits per heavy atom. The Hall–Kier alpha value is -2.38. The molecule has 1 aliphatic heterocycles. The van der Waals surface area contributed by atoms with Gasteiger partial charge < -0.3 is 9.47 Å². The van der Waals surface area contributed by atoms with Crippen molar-refractivity contribution in [3.8, 4) is 0 Å². The summed E-state index contributed by atoms with van der Waals surface area (Å²) in [5.41, 5.74) is 1.23. The van der Waals surface area contributed by atoms with Crippen molar-refractivity contribution in [2.75, 3.05) is 7.05 Å². The third-order valence-corrected chi connectivity index (χ3v) is 5.61. The van der Waals surface area contributed by atoms with Gasteiger partial charge in [-0.25, -0.2) is 4.98 Å². The summed E-state index contributed by atoms with van der Waals surface area (Å²) in [7, 11) is 1.78. The standard InChI is InChI=1S/C19H21F3N4O/c1-25(14-6-2-4-12-5-3-9-23-17(12)14)18(27)13-7-8-16-24-15(19(20,21)22)11-26(16)10-13/h3,5,9,11,13-14H,2,4,6-8,10H2,1H3. The number of fused-ring (bicyclic) bond motifs is 2. The van der Waals surface area contributed by atoms with E-state index in [1.165, 1.54) is 10.1 Å². The van der Waals surface area contributed by atoms with Crippen LogP contribution in [-0.4, -0.2) is 32.4 Å². The van der Waals surface area contributed by atoms with Gasteiger partial charge in [-0.1, -0.05) is 6.07 Å². The van der Waals surface area contributed by atoms with Crippen molar-refractivity contribution in [2.24, 2.45) is 5.92 Å². The first-order valence-electron chi connectivity index (χ1n) is 9.18. The molecule has 27 heavy (non-hydrogen) atoms. The van der Waals surface area contributed by atoms with Crippen LogP contribution in [-0.2, 0) is 30.4 Å². The average molecular weight is 378 g/mol. The Labute approximate surface area is 155 Å². The van der Waals surface area contributed by atoms with Crippen LogP contribution in [0.5, 0.6) is 0 Å². The van der Waals surface area contributed by atoms with Crippen molar-refractivity contribution in [1.82, 2.24) is 19.4 Å². The van der Waals surface area contributed by atoms with Gasteiger partial charge in [-0.15, -0.1) is 0 Å². The van der Waals surface area contributed by atoms with E-state index in [1.54, 1.807) is 18.1 Å². The van der Waals surface area contributed by atoms with Crippen LogP contribution < -0.4 is 0 Å². The van der Waals surface area contributed by atoms with Gasteiger partial charge in [0.15, 0.2) is 5.69 Å². The minimum atomic E-state index is -4.46. The fourth-order valence-corrected chi connectivity index (χ4v) is 4.19. The van der Waals surface area contributed by atoms with Crippen LogP contribution in [0.1, 0.15) is 48.1 Å². The second-order valence-electron chi connectivity index (χ2n) is 7.33. The summed E-state index contributed by atoms with van der Waals surface area (Å²) < 4.78 is 40.1. The summed E-state index contributed by atoms with van der Waals surface area (Å²) in [5.74, 6) is 0.0250. The number of imidazole rings is 1. The SMILES string of the molecule is CN(C(=O)C1CCc2nc(C(F)(F)F)cn2C1)C1CCCc2cccnc21. The van der Waals surface area contributed by atoms with E-state index in [2.05, 4.69) is 9.97 Å². The molecule has 1 amide bonds. The highest BCUT2D eigenvalue weighted by molar-refractivity contribution is 5.79. The molecule has 4 rings (SSSR count). The fraction of sp³-hybridized carbons (Fsp3) is 0.526. The number of aromatic nitrogens is 3. The molecule has 1 aliphatic carbocycles. The van der Waals surface area contributed by atoms with Gasteiger partial charge in [0.1, 0.15) is 5.82 Å². The van der Waals surface area contributed by atoms with Gasteiger partial charge in [-0.05, 0) is 37.3 Å². The van der Waals surface area contributed by atoms with Gasteiger partial charge in [-0.3, -0.25) is 9.78 Å². The molecule has 2 unspecified atom stereocenters. The molecule has 0 N–H and O–H groups in total. The van der Waals surface area contributed by atoms with E-state index in [4.69, 9.17) is 0 Å². The quantitative estimate of drug-likeness (QED) is 0.805. The topological polar surface area (TPSA) is 51.0 Å². The molecule has 0 fully saturated rings. The molecule has 0 saturated carbocycles. The van der Waals surface area contributed by atoms with Gasteiger partial charge in [-0.2, -0.15) is 13.2 Å². The molecule has 0 saturated heterocycles. The van der Waals surface area contributed by atoms with E-state index in [0.29, 0.717) is 18.7 Å². The average Bonchev–Trinajstić information content (AvgIpc) is 3.10. The minimum absolute atomic E-state index is 0.0357. The number of nitrogens with zero attached hydrogens (tertiary/aromatic N) is 4. The predicted molar refractivity (Wildman–Crippen MR) is 91.7 cm³/mol. The van der Waals surface area contributed by atoms with Crippen LogP contribution in [0.15, 0.2) is 24.5 Å². The lowest BCUT2D eigenvalue weighted by Gasteiger charge is -2.35. The van der Waals surface area contributed by atoms with Crippen molar-refractivity contribution in [2.45, 2.75) is 50.9 Å². The number of pyridine rings is 1. The maximum atomic E-state index is 13.1. The summed E-state index contributed by atoms with van der Waals surface area (Å²) in [5, 5.41) is 0. The van der Waals surface area contributed by atoms with Crippen molar-refractivity contribution in [3.05, 3.63) is 47.3 Å². The molecule has 3 heterocycles. The molecule has 0 spiro atoms. The zero-order valence-electron chi connectivity index (χ0n) is 15.0. The molecular formula is C19H21F3N4O. The van der Waals surface area contributed by atoms with Crippen LogP contribution in [0.2, 0.25) is 0 Å². The zero-order valence-corrected chi connectivity index (χ0v) is 15.0. The van der Waals surface area contributed by atoms with Crippen molar-refractivity contribution >= 4 is 5.91 Å². The van der Waals surface area contributed by atoms with Crippen LogP contribution in [0.25, 0.3) is 0 Å². The fourth-order valence-electron chi connectivity index (χ4n) is 4.19. The molecule has 0 aromatic carbocycles. The molecule has 2 aliphatic rings. The van der Waals surface area contributed by atoms with E-state index >= 15 is 0 Å². The van der Waals surface area contributed by atoms with E-state index in [1.807, 2.05) is 12.1 Å². The van der Waals surface area contributed by atoms with E-state index in [9.17, 15) is 18.0 Å². The van der Waals surface area contributed by atoms with Gasteiger partial charge in [0.25, 0.3) is 0 Å². The highest BCUT2D eigenvalue weighted by atomic mass is 19.4. The molecule has 8 heteroatoms. The number of amides is 1. The van der Waals surface area contributed by atoms with Crippen molar-refractivity contribution < 1.29 is 18.0 Å². The molecule has 2 aromatic rings. The smallest absolute Gasteiger partial charge is 0.337 e. The lowest BCUT2D eigenvalue weighted by Crippen LogP contribution is -2.40. The monoisotopic (exact) mass is 378 g/mol. The minimum Gasteiger partial charge on any atom is -0.337 e. The number of carbonyl (C=O) groups is 1. The number of alkyl halides is 3. The van der Waals surface area contributed by atoms with Gasteiger partial charge in [0.2, 0.25) is 5.91 Å². The molecule has 0 radical (unpaired) electrons. The normalized spacial score (nSPS) is 22.1. The Bertz CT molecular complexity index is 861. The largest absolute Gasteiger partial charge is 0.434 e. The first kappa shape index (κ1) is 18.0. The number of hydrogen-bond acceptors (Lipinski definition) is 3. The van der Waals surface area contributed by atoms with E-state index < -0.39 is 11.9 Å². The van der Waals surface area contributed by atoms with E-state index in [0.717, 1.165) is 31.2 Å². The maximum Gasteiger partial charge on any atom is 0.434 e. The molecular weight excluding hydrogens is 357 g/mol. The number of halogens is 3. The summed E-state index contributed by atoms with van der Waals surface area (Å²) in [6.45, 7) is 0.239. The number of carbonyl (C=O) groups excluding carboxylic acids is 1. The summed E-state index contributed by atoms with van der Waals surface area (Å²) >= 11 is 0. The summed E-state index contributed by atoms with van der Waals surface area (Å²) in [6, 6.07) is 3.88. The third-order valence-electron chi connectivity index (χ3n) is 5.61. The highest BCUT2D eigenvalue weighted by Crippen LogP contribution is 2.35. The van der Waals surface area contributed by atoms with E-state index in [-0.39, 0.29) is 24.4 Å². The Morgan fingerprint density at radius 3 is 2.89 bits per heavy atom. The Kier molecular flexibility index (Phi) is 4.44. The molecule has 2 aromatic heterocycles. The molecule has 5 nitrogen and oxygen atoms in total. The lowest BCUT2D eigenvalue weighted by atomic mass is 9.89. The van der Waals surface area contributed by atoms with Crippen LogP contribution in [0, 0.1) is 5.92 Å². The van der Waals surface area contributed by atoms with Crippen LogP contribution in [0.4, 0.5) is 13.2 Å². The van der Waals surface area contributed by atoms with Gasteiger partial charge in [0.05, 0.1) is 17.7 Å². The predicted octanol–water partition coefficient (Wildman–Crippen LogP) is 3.40. The lowest BCUT2D eigenvalue weighted by molar-refractivity contribution is -0.141. The first-order valence-corrected chi connectivity index (χ1v) is 9.18.